The van der Waals surface area contributed by atoms with E-state index >= 15 is 0 Å². The molecule has 1 fully saturated rings. The van der Waals surface area contributed by atoms with E-state index in [1.54, 1.807) is 0 Å². The van der Waals surface area contributed by atoms with Gasteiger partial charge in [0, 0.05) is 11.6 Å². The first kappa shape index (κ1) is 17.0. The number of rotatable bonds is 9. The normalized spacial score (nSPS) is 23.2. The van der Waals surface area contributed by atoms with Crippen molar-refractivity contribution in [3.8, 4) is 0 Å². The van der Waals surface area contributed by atoms with Crippen LogP contribution in [0.4, 0.5) is 0 Å². The molecule has 0 spiro atoms. The van der Waals surface area contributed by atoms with Crippen molar-refractivity contribution in [3.05, 3.63) is 0 Å². The monoisotopic (exact) mass is 268 g/mol. The van der Waals surface area contributed by atoms with Gasteiger partial charge in [0.2, 0.25) is 0 Å². The maximum Gasteiger partial charge on any atom is 0.0334 e. The summed E-state index contributed by atoms with van der Waals surface area (Å²) in [5.41, 5.74) is 0.334. The summed E-state index contributed by atoms with van der Waals surface area (Å²) in [6, 6.07) is 0.635. The van der Waals surface area contributed by atoms with Crippen LogP contribution in [0.3, 0.4) is 0 Å². The Morgan fingerprint density at radius 3 is 2.21 bits per heavy atom. The van der Waals surface area contributed by atoms with Crippen LogP contribution >= 0.6 is 0 Å². The minimum atomic E-state index is 0.334. The van der Waals surface area contributed by atoms with E-state index < -0.39 is 0 Å². The predicted octanol–water partition coefficient (Wildman–Crippen LogP) is 4.06. The molecular weight excluding hydrogens is 232 g/mol. The van der Waals surface area contributed by atoms with Crippen molar-refractivity contribution in [3.63, 3.8) is 0 Å². The third-order valence-electron chi connectivity index (χ3n) is 5.14. The molecule has 1 rings (SSSR count). The van der Waals surface area contributed by atoms with Crippen LogP contribution < -0.4 is 5.32 Å². The fourth-order valence-corrected chi connectivity index (χ4v) is 3.82. The minimum Gasteiger partial charge on any atom is -0.312 e. The lowest BCUT2D eigenvalue weighted by Gasteiger charge is -2.47. The average molecular weight is 268 g/mol. The molecule has 1 saturated heterocycles. The molecule has 0 aliphatic carbocycles. The summed E-state index contributed by atoms with van der Waals surface area (Å²) in [5, 5.41) is 3.88. The first-order valence-corrected chi connectivity index (χ1v) is 8.58. The van der Waals surface area contributed by atoms with E-state index in [0.717, 1.165) is 12.5 Å². The lowest BCUT2D eigenvalue weighted by Crippen LogP contribution is -2.61. The van der Waals surface area contributed by atoms with Crippen LogP contribution in [-0.4, -0.2) is 36.1 Å². The second-order valence-electron chi connectivity index (χ2n) is 6.60. The topological polar surface area (TPSA) is 15.3 Å². The van der Waals surface area contributed by atoms with E-state index in [1.807, 2.05) is 0 Å². The average Bonchev–Trinajstić information content (AvgIpc) is 2.93. The van der Waals surface area contributed by atoms with Crippen LogP contribution in [0.25, 0.3) is 0 Å². The summed E-state index contributed by atoms with van der Waals surface area (Å²) >= 11 is 0. The standard InChI is InChI=1S/C17H36N2/c1-6-11-15(4)16(18-12-7-2)17(5,8-3)19-13-9-10-14-19/h15-16,18H,6-14H2,1-5H3. The first-order valence-electron chi connectivity index (χ1n) is 8.58. The molecule has 1 heterocycles. The van der Waals surface area contributed by atoms with Crippen LogP contribution in [0.5, 0.6) is 0 Å². The smallest absolute Gasteiger partial charge is 0.0334 e. The second kappa shape index (κ2) is 8.26. The molecule has 0 aromatic carbocycles. The third-order valence-corrected chi connectivity index (χ3v) is 5.14. The van der Waals surface area contributed by atoms with E-state index in [2.05, 4.69) is 44.8 Å². The van der Waals surface area contributed by atoms with Gasteiger partial charge in [-0.15, -0.1) is 0 Å². The van der Waals surface area contributed by atoms with Crippen LogP contribution in [0.1, 0.15) is 73.1 Å². The number of likely N-dealkylation sites (tertiary alicyclic amines) is 1. The molecule has 19 heavy (non-hydrogen) atoms. The van der Waals surface area contributed by atoms with Crippen molar-refractivity contribution in [2.45, 2.75) is 84.7 Å². The lowest BCUT2D eigenvalue weighted by molar-refractivity contribution is 0.0586. The van der Waals surface area contributed by atoms with Crippen molar-refractivity contribution >= 4 is 0 Å². The summed E-state index contributed by atoms with van der Waals surface area (Å²) in [6.45, 7) is 15.7. The van der Waals surface area contributed by atoms with E-state index in [-0.39, 0.29) is 0 Å². The predicted molar refractivity (Wildman–Crippen MR) is 85.7 cm³/mol. The van der Waals surface area contributed by atoms with Gasteiger partial charge in [0.05, 0.1) is 0 Å². The number of hydrogen-bond acceptors (Lipinski definition) is 2. The zero-order valence-electron chi connectivity index (χ0n) is 14.0. The summed E-state index contributed by atoms with van der Waals surface area (Å²) in [6.07, 6.45) is 7.89. The van der Waals surface area contributed by atoms with Crippen molar-refractivity contribution in [1.29, 1.82) is 0 Å². The Morgan fingerprint density at radius 1 is 1.11 bits per heavy atom. The van der Waals surface area contributed by atoms with Gasteiger partial charge in [-0.1, -0.05) is 34.1 Å². The highest BCUT2D eigenvalue weighted by Gasteiger charge is 2.41. The van der Waals surface area contributed by atoms with Crippen LogP contribution in [-0.2, 0) is 0 Å². The Hall–Kier alpha value is -0.0800. The van der Waals surface area contributed by atoms with Gasteiger partial charge in [-0.05, 0) is 64.6 Å². The highest BCUT2D eigenvalue weighted by Crippen LogP contribution is 2.32. The quantitative estimate of drug-likeness (QED) is 0.678. The van der Waals surface area contributed by atoms with Gasteiger partial charge in [0.15, 0.2) is 0 Å². The van der Waals surface area contributed by atoms with Crippen molar-refractivity contribution < 1.29 is 0 Å². The van der Waals surface area contributed by atoms with Gasteiger partial charge < -0.3 is 5.32 Å². The Balaban J connectivity index is 2.83. The maximum absolute atomic E-state index is 3.88. The van der Waals surface area contributed by atoms with E-state index in [1.165, 1.54) is 51.6 Å². The fraction of sp³-hybridized carbons (Fsp3) is 1.00. The Bertz CT molecular complexity index is 235. The molecular formula is C17H36N2. The molecule has 0 saturated carbocycles. The van der Waals surface area contributed by atoms with Gasteiger partial charge in [0.25, 0.3) is 0 Å². The zero-order valence-corrected chi connectivity index (χ0v) is 14.0. The van der Waals surface area contributed by atoms with E-state index in [0.29, 0.717) is 11.6 Å². The Kier molecular flexibility index (Phi) is 7.38. The zero-order chi connectivity index (χ0) is 14.3. The largest absolute Gasteiger partial charge is 0.312 e. The molecule has 3 unspecified atom stereocenters. The molecule has 0 amide bonds. The number of nitrogens with zero attached hydrogens (tertiary/aromatic N) is 1. The van der Waals surface area contributed by atoms with Gasteiger partial charge in [-0.2, -0.15) is 0 Å². The maximum atomic E-state index is 3.88. The highest BCUT2D eigenvalue weighted by atomic mass is 15.2. The molecule has 1 aliphatic rings. The number of hydrogen-bond donors (Lipinski definition) is 1. The molecule has 114 valence electrons. The van der Waals surface area contributed by atoms with Crippen LogP contribution in [0.15, 0.2) is 0 Å². The second-order valence-corrected chi connectivity index (χ2v) is 6.60. The van der Waals surface area contributed by atoms with Crippen molar-refractivity contribution in [2.24, 2.45) is 5.92 Å². The SMILES string of the molecule is CCCNC(C(C)CCC)C(C)(CC)N1CCCC1. The van der Waals surface area contributed by atoms with E-state index in [9.17, 15) is 0 Å². The third kappa shape index (κ3) is 4.19. The summed E-state index contributed by atoms with van der Waals surface area (Å²) in [5.74, 6) is 0.766. The lowest BCUT2D eigenvalue weighted by atomic mass is 9.78. The molecule has 1 aliphatic heterocycles. The fourth-order valence-electron chi connectivity index (χ4n) is 3.82. The first-order chi connectivity index (χ1) is 9.10. The molecule has 0 bridgehead atoms. The molecule has 0 aromatic rings. The van der Waals surface area contributed by atoms with Gasteiger partial charge >= 0.3 is 0 Å². The Labute approximate surface area is 121 Å². The molecule has 0 radical (unpaired) electrons. The number of nitrogens with one attached hydrogen (secondary N) is 1. The molecule has 2 heteroatoms. The van der Waals surface area contributed by atoms with Crippen molar-refractivity contribution in [2.75, 3.05) is 19.6 Å². The molecule has 1 N–H and O–H groups in total. The van der Waals surface area contributed by atoms with Crippen molar-refractivity contribution in [1.82, 2.24) is 10.2 Å². The van der Waals surface area contributed by atoms with Gasteiger partial charge in [-0.25, -0.2) is 0 Å². The molecule has 0 aromatic heterocycles. The Morgan fingerprint density at radius 2 is 1.74 bits per heavy atom. The summed E-state index contributed by atoms with van der Waals surface area (Å²) < 4.78 is 0. The van der Waals surface area contributed by atoms with Gasteiger partial charge in [0.1, 0.15) is 0 Å². The minimum absolute atomic E-state index is 0.334. The van der Waals surface area contributed by atoms with Crippen LogP contribution in [0, 0.1) is 5.92 Å². The van der Waals surface area contributed by atoms with Crippen LogP contribution in [0.2, 0.25) is 0 Å². The summed E-state index contributed by atoms with van der Waals surface area (Å²) in [7, 11) is 0. The molecule has 3 atom stereocenters. The van der Waals surface area contributed by atoms with Gasteiger partial charge in [-0.3, -0.25) is 4.90 Å². The highest BCUT2D eigenvalue weighted by molar-refractivity contribution is 4.99. The molecule has 2 nitrogen and oxygen atoms in total. The van der Waals surface area contributed by atoms with E-state index in [4.69, 9.17) is 0 Å². The summed E-state index contributed by atoms with van der Waals surface area (Å²) in [4.78, 5) is 2.76.